The molecule has 0 bridgehead atoms. The monoisotopic (exact) mass is 447 g/mol. The van der Waals surface area contributed by atoms with E-state index >= 15 is 0 Å². The van der Waals surface area contributed by atoms with Crippen LogP contribution in [0.1, 0.15) is 5.56 Å². The highest BCUT2D eigenvalue weighted by Crippen LogP contribution is 2.21. The number of amides is 4. The maximum atomic E-state index is 12.7. The zero-order valence-electron chi connectivity index (χ0n) is 13.3. The molecular weight excluding hydrogens is 433 g/mol. The van der Waals surface area contributed by atoms with Crippen LogP contribution in [0.4, 0.5) is 16.2 Å². The Kier molecular flexibility index (Phi) is 4.93. The number of aryl methyl sites for hydroxylation is 1. The van der Waals surface area contributed by atoms with E-state index in [1.54, 1.807) is 36.4 Å². The zero-order valence-corrected chi connectivity index (χ0v) is 15.4. The number of imide groups is 2. The van der Waals surface area contributed by atoms with Crippen molar-refractivity contribution in [2.45, 2.75) is 6.92 Å². The van der Waals surface area contributed by atoms with Gasteiger partial charge in [0.1, 0.15) is 0 Å². The summed E-state index contributed by atoms with van der Waals surface area (Å²) in [5.41, 5.74) is 2.04. The van der Waals surface area contributed by atoms with E-state index in [0.717, 1.165) is 14.0 Å². The van der Waals surface area contributed by atoms with Crippen molar-refractivity contribution in [3.05, 3.63) is 57.7 Å². The van der Waals surface area contributed by atoms with Gasteiger partial charge in [0.15, 0.2) is 5.92 Å². The molecule has 1 heterocycles. The van der Waals surface area contributed by atoms with Crippen molar-refractivity contribution >= 4 is 58.0 Å². The first-order chi connectivity index (χ1) is 12.0. The summed E-state index contributed by atoms with van der Waals surface area (Å²) in [6.45, 7) is 1.90. The molecule has 1 atom stereocenters. The third kappa shape index (κ3) is 3.76. The van der Waals surface area contributed by atoms with Crippen LogP contribution in [0.15, 0.2) is 53.5 Å². The van der Waals surface area contributed by atoms with Gasteiger partial charge in [-0.05, 0) is 65.9 Å². The van der Waals surface area contributed by atoms with Gasteiger partial charge in [0, 0.05) is 9.78 Å². The number of carbonyl (C=O) groups is 3. The molecule has 1 aliphatic rings. The van der Waals surface area contributed by atoms with Crippen molar-refractivity contribution < 1.29 is 14.4 Å². The molecule has 1 aliphatic heterocycles. The van der Waals surface area contributed by atoms with Crippen molar-refractivity contribution in [1.82, 2.24) is 5.32 Å². The number of barbiturate groups is 1. The van der Waals surface area contributed by atoms with Gasteiger partial charge in [0.05, 0.1) is 11.4 Å². The lowest BCUT2D eigenvalue weighted by molar-refractivity contribution is -0.131. The van der Waals surface area contributed by atoms with Crippen LogP contribution in [0.5, 0.6) is 0 Å². The van der Waals surface area contributed by atoms with Crippen LogP contribution in [-0.2, 0) is 9.59 Å². The molecule has 0 spiro atoms. The molecule has 2 aromatic rings. The van der Waals surface area contributed by atoms with Gasteiger partial charge < -0.3 is 0 Å². The number of anilines is 1. The molecule has 0 radical (unpaired) electrons. The Labute approximate surface area is 158 Å². The molecule has 1 fully saturated rings. The highest BCUT2D eigenvalue weighted by molar-refractivity contribution is 14.1. The minimum Gasteiger partial charge on any atom is -0.276 e. The standard InChI is InChI=1S/C18H14IN3O3/c1-11-2-8-14(9-3-11)22-17(24)15(16(23)21-18(22)25)10-20-13-6-4-12(19)5-7-13/h2-10,15H,1H3,(H,21,23,25)/t15-/m0/s1. The summed E-state index contributed by atoms with van der Waals surface area (Å²) in [5, 5.41) is 2.20. The number of nitrogens with zero attached hydrogens (tertiary/aromatic N) is 2. The van der Waals surface area contributed by atoms with Crippen LogP contribution >= 0.6 is 22.6 Å². The number of aliphatic imine (C=N–C) groups is 1. The number of urea groups is 1. The van der Waals surface area contributed by atoms with Crippen LogP contribution in [0, 0.1) is 16.4 Å². The van der Waals surface area contributed by atoms with E-state index in [1.807, 2.05) is 19.1 Å². The molecule has 0 aromatic heterocycles. The molecule has 0 unspecified atom stereocenters. The maximum Gasteiger partial charge on any atom is 0.335 e. The Balaban J connectivity index is 1.87. The number of benzene rings is 2. The lowest BCUT2D eigenvalue weighted by Crippen LogP contribution is -2.58. The third-order valence-corrected chi connectivity index (χ3v) is 4.41. The van der Waals surface area contributed by atoms with Crippen LogP contribution < -0.4 is 10.2 Å². The lowest BCUT2D eigenvalue weighted by atomic mass is 10.1. The average molecular weight is 447 g/mol. The Morgan fingerprint density at radius 1 is 1.04 bits per heavy atom. The fraction of sp³-hybridized carbons (Fsp3) is 0.111. The maximum absolute atomic E-state index is 12.7. The zero-order chi connectivity index (χ0) is 18.0. The molecule has 25 heavy (non-hydrogen) atoms. The fourth-order valence-electron chi connectivity index (χ4n) is 2.35. The van der Waals surface area contributed by atoms with E-state index in [-0.39, 0.29) is 0 Å². The summed E-state index contributed by atoms with van der Waals surface area (Å²) in [6, 6.07) is 13.5. The summed E-state index contributed by atoms with van der Waals surface area (Å²) in [7, 11) is 0. The Morgan fingerprint density at radius 2 is 1.68 bits per heavy atom. The van der Waals surface area contributed by atoms with Crippen molar-refractivity contribution in [1.29, 1.82) is 0 Å². The van der Waals surface area contributed by atoms with Gasteiger partial charge in [-0.15, -0.1) is 0 Å². The highest BCUT2D eigenvalue weighted by atomic mass is 127. The molecule has 126 valence electrons. The van der Waals surface area contributed by atoms with Crippen LogP contribution in [-0.4, -0.2) is 24.1 Å². The molecule has 3 rings (SSSR count). The van der Waals surface area contributed by atoms with E-state index < -0.39 is 23.8 Å². The van der Waals surface area contributed by atoms with Gasteiger partial charge in [-0.25, -0.2) is 9.69 Å². The average Bonchev–Trinajstić information content (AvgIpc) is 2.57. The molecule has 6 nitrogen and oxygen atoms in total. The van der Waals surface area contributed by atoms with Gasteiger partial charge in [0.25, 0.3) is 5.91 Å². The number of halogens is 1. The second-order valence-corrected chi connectivity index (χ2v) is 6.78. The predicted octanol–water partition coefficient (Wildman–Crippen LogP) is 3.20. The van der Waals surface area contributed by atoms with Crippen LogP contribution in [0.2, 0.25) is 0 Å². The van der Waals surface area contributed by atoms with E-state index in [2.05, 4.69) is 32.9 Å². The number of carbonyl (C=O) groups excluding carboxylic acids is 3. The fourth-order valence-corrected chi connectivity index (χ4v) is 2.71. The topological polar surface area (TPSA) is 78.8 Å². The summed E-state index contributed by atoms with van der Waals surface area (Å²) in [4.78, 5) is 41.9. The van der Waals surface area contributed by atoms with E-state index in [4.69, 9.17) is 0 Å². The normalized spacial score (nSPS) is 17.9. The minimum atomic E-state index is -1.15. The number of rotatable bonds is 3. The minimum absolute atomic E-state index is 0.410. The summed E-state index contributed by atoms with van der Waals surface area (Å²) >= 11 is 2.17. The molecule has 4 amide bonds. The molecule has 1 N–H and O–H groups in total. The summed E-state index contributed by atoms with van der Waals surface area (Å²) in [6.07, 6.45) is 1.27. The number of hydrogen-bond donors (Lipinski definition) is 1. The third-order valence-electron chi connectivity index (χ3n) is 3.69. The predicted molar refractivity (Wildman–Crippen MR) is 103 cm³/mol. The van der Waals surface area contributed by atoms with Gasteiger partial charge in [-0.3, -0.25) is 19.9 Å². The van der Waals surface area contributed by atoms with Gasteiger partial charge in [0.2, 0.25) is 5.91 Å². The van der Waals surface area contributed by atoms with E-state index in [9.17, 15) is 14.4 Å². The first-order valence-electron chi connectivity index (χ1n) is 7.51. The molecule has 2 aromatic carbocycles. The quantitative estimate of drug-likeness (QED) is 0.446. The molecule has 7 heteroatoms. The first kappa shape index (κ1) is 17.3. The highest BCUT2D eigenvalue weighted by Gasteiger charge is 2.40. The molecule has 0 saturated carbocycles. The van der Waals surface area contributed by atoms with Crippen molar-refractivity contribution in [2.75, 3.05) is 4.90 Å². The largest absolute Gasteiger partial charge is 0.335 e. The van der Waals surface area contributed by atoms with Crippen molar-refractivity contribution in [2.24, 2.45) is 10.9 Å². The van der Waals surface area contributed by atoms with Crippen LogP contribution in [0.3, 0.4) is 0 Å². The molecule has 0 aliphatic carbocycles. The van der Waals surface area contributed by atoms with Gasteiger partial charge in [-0.1, -0.05) is 17.7 Å². The second-order valence-electron chi connectivity index (χ2n) is 5.54. The van der Waals surface area contributed by atoms with E-state index in [1.165, 1.54) is 6.21 Å². The van der Waals surface area contributed by atoms with Crippen LogP contribution in [0.25, 0.3) is 0 Å². The molecular formula is C18H14IN3O3. The van der Waals surface area contributed by atoms with Gasteiger partial charge in [-0.2, -0.15) is 0 Å². The second kappa shape index (κ2) is 7.14. The van der Waals surface area contributed by atoms with Crippen molar-refractivity contribution in [3.63, 3.8) is 0 Å². The number of hydrogen-bond acceptors (Lipinski definition) is 4. The smallest absolute Gasteiger partial charge is 0.276 e. The SMILES string of the molecule is Cc1ccc(N2C(=O)NC(=O)[C@H](C=Nc3ccc(I)cc3)C2=O)cc1. The Hall–Kier alpha value is -2.55. The lowest BCUT2D eigenvalue weighted by Gasteiger charge is -2.28. The summed E-state index contributed by atoms with van der Waals surface area (Å²) in [5.74, 6) is -2.45. The van der Waals surface area contributed by atoms with Gasteiger partial charge >= 0.3 is 6.03 Å². The summed E-state index contributed by atoms with van der Waals surface area (Å²) < 4.78 is 1.05. The van der Waals surface area contributed by atoms with Crippen molar-refractivity contribution in [3.8, 4) is 0 Å². The molecule has 1 saturated heterocycles. The Morgan fingerprint density at radius 3 is 2.32 bits per heavy atom. The number of nitrogens with one attached hydrogen (secondary N) is 1. The Bertz CT molecular complexity index is 860. The van der Waals surface area contributed by atoms with E-state index in [0.29, 0.717) is 11.4 Å². The first-order valence-corrected chi connectivity index (χ1v) is 8.59.